The average Bonchev–Trinajstić information content (AvgIpc) is 2.92. The maximum atomic E-state index is 12.1. The van der Waals surface area contributed by atoms with Crippen LogP contribution in [0.4, 0.5) is 5.13 Å². The molecule has 1 amide bonds. The predicted octanol–water partition coefficient (Wildman–Crippen LogP) is 4.51. The average molecular weight is 328 g/mol. The first-order valence-electron chi connectivity index (χ1n) is 6.94. The number of carbonyl (C=O) groups is 1. The van der Waals surface area contributed by atoms with E-state index >= 15 is 0 Å². The highest BCUT2D eigenvalue weighted by Gasteiger charge is 2.09. The van der Waals surface area contributed by atoms with Gasteiger partial charge in [0.2, 0.25) is 5.91 Å². The lowest BCUT2D eigenvalue weighted by Crippen LogP contribution is -2.14. The highest BCUT2D eigenvalue weighted by atomic mass is 32.2. The molecule has 0 saturated carbocycles. The standard InChI is InChI=1S/C17H16N2OS2/c1-11-4-3-5-14-16(11)19-17(22-14)18-15(20)10-12-6-8-13(21-2)9-7-12/h3-9H,10H2,1-2H3,(H,18,19,20). The molecule has 0 aliphatic rings. The van der Waals surface area contributed by atoms with Crippen molar-refractivity contribution >= 4 is 44.4 Å². The SMILES string of the molecule is CSc1ccc(CC(=O)Nc2nc3c(C)cccc3s2)cc1. The maximum Gasteiger partial charge on any atom is 0.230 e. The minimum atomic E-state index is -0.0337. The van der Waals surface area contributed by atoms with Crippen molar-refractivity contribution in [1.29, 1.82) is 0 Å². The Balaban J connectivity index is 1.71. The van der Waals surface area contributed by atoms with Crippen molar-refractivity contribution in [2.24, 2.45) is 0 Å². The molecule has 0 radical (unpaired) electrons. The number of rotatable bonds is 4. The molecular weight excluding hydrogens is 312 g/mol. The Hall–Kier alpha value is -1.85. The molecule has 0 atom stereocenters. The third-order valence-corrected chi connectivity index (χ3v) is 5.07. The van der Waals surface area contributed by atoms with Crippen LogP contribution in [0.25, 0.3) is 10.2 Å². The Morgan fingerprint density at radius 1 is 1.23 bits per heavy atom. The molecule has 3 nitrogen and oxygen atoms in total. The number of thiazole rings is 1. The summed E-state index contributed by atoms with van der Waals surface area (Å²) in [4.78, 5) is 17.9. The number of nitrogens with one attached hydrogen (secondary N) is 1. The Kier molecular flexibility index (Phi) is 4.45. The lowest BCUT2D eigenvalue weighted by molar-refractivity contribution is -0.115. The van der Waals surface area contributed by atoms with Gasteiger partial charge < -0.3 is 5.32 Å². The van der Waals surface area contributed by atoms with Gasteiger partial charge in [0.1, 0.15) is 0 Å². The number of benzene rings is 2. The van der Waals surface area contributed by atoms with Crippen molar-refractivity contribution in [1.82, 2.24) is 4.98 Å². The second-order valence-corrected chi connectivity index (χ2v) is 6.92. The number of carbonyl (C=O) groups excluding carboxylic acids is 1. The largest absolute Gasteiger partial charge is 0.302 e. The number of thioether (sulfide) groups is 1. The minimum Gasteiger partial charge on any atom is -0.302 e. The number of fused-ring (bicyclic) bond motifs is 1. The first-order chi connectivity index (χ1) is 10.7. The van der Waals surface area contributed by atoms with Crippen LogP contribution in [0.2, 0.25) is 0 Å². The van der Waals surface area contributed by atoms with Gasteiger partial charge in [0, 0.05) is 4.90 Å². The van der Waals surface area contributed by atoms with E-state index in [0.717, 1.165) is 21.3 Å². The second-order valence-electron chi connectivity index (χ2n) is 5.01. The molecule has 0 spiro atoms. The number of anilines is 1. The van der Waals surface area contributed by atoms with Crippen molar-refractivity contribution in [3.8, 4) is 0 Å². The molecule has 0 fully saturated rings. The number of hydrogen-bond acceptors (Lipinski definition) is 4. The van der Waals surface area contributed by atoms with Crippen molar-refractivity contribution in [2.45, 2.75) is 18.2 Å². The Labute approximate surface area is 137 Å². The molecule has 1 aromatic heterocycles. The van der Waals surface area contributed by atoms with E-state index in [1.165, 1.54) is 16.2 Å². The Morgan fingerprint density at radius 2 is 2.00 bits per heavy atom. The summed E-state index contributed by atoms with van der Waals surface area (Å²) in [6.45, 7) is 2.03. The number of aryl methyl sites for hydroxylation is 1. The zero-order valence-electron chi connectivity index (χ0n) is 12.4. The second kappa shape index (κ2) is 6.50. The summed E-state index contributed by atoms with van der Waals surface area (Å²) in [5, 5.41) is 3.56. The van der Waals surface area contributed by atoms with Crippen LogP contribution in [0, 0.1) is 6.92 Å². The van der Waals surface area contributed by atoms with Crippen molar-refractivity contribution in [2.75, 3.05) is 11.6 Å². The third-order valence-electron chi connectivity index (χ3n) is 3.39. The van der Waals surface area contributed by atoms with E-state index in [0.29, 0.717) is 11.6 Å². The number of hydrogen-bond donors (Lipinski definition) is 1. The lowest BCUT2D eigenvalue weighted by atomic mass is 10.1. The van der Waals surface area contributed by atoms with Crippen LogP contribution in [0.3, 0.4) is 0 Å². The normalized spacial score (nSPS) is 10.8. The molecule has 0 bridgehead atoms. The fraction of sp³-hybridized carbons (Fsp3) is 0.176. The first kappa shape index (κ1) is 15.1. The highest BCUT2D eigenvalue weighted by Crippen LogP contribution is 2.28. The van der Waals surface area contributed by atoms with Crippen LogP contribution in [0.5, 0.6) is 0 Å². The molecule has 2 aromatic carbocycles. The highest BCUT2D eigenvalue weighted by molar-refractivity contribution is 7.98. The van der Waals surface area contributed by atoms with Gasteiger partial charge >= 0.3 is 0 Å². The lowest BCUT2D eigenvalue weighted by Gasteiger charge is -2.03. The molecule has 3 aromatic rings. The van der Waals surface area contributed by atoms with E-state index in [1.807, 2.05) is 55.6 Å². The molecule has 112 valence electrons. The molecule has 5 heteroatoms. The van der Waals surface area contributed by atoms with Crippen molar-refractivity contribution in [3.63, 3.8) is 0 Å². The van der Waals surface area contributed by atoms with E-state index in [1.54, 1.807) is 11.8 Å². The molecule has 1 heterocycles. The van der Waals surface area contributed by atoms with Crippen LogP contribution < -0.4 is 5.32 Å². The zero-order chi connectivity index (χ0) is 15.5. The van der Waals surface area contributed by atoms with Crippen LogP contribution in [-0.2, 0) is 11.2 Å². The van der Waals surface area contributed by atoms with Gasteiger partial charge in [-0.3, -0.25) is 4.79 Å². The summed E-state index contributed by atoms with van der Waals surface area (Å²) in [6, 6.07) is 14.1. The van der Waals surface area contributed by atoms with Gasteiger partial charge in [0.05, 0.1) is 16.6 Å². The minimum absolute atomic E-state index is 0.0337. The van der Waals surface area contributed by atoms with Gasteiger partial charge in [0.25, 0.3) is 0 Å². The summed E-state index contributed by atoms with van der Waals surface area (Å²) in [7, 11) is 0. The third kappa shape index (κ3) is 3.31. The molecule has 0 saturated heterocycles. The first-order valence-corrected chi connectivity index (χ1v) is 8.99. The summed E-state index contributed by atoms with van der Waals surface area (Å²) in [6.07, 6.45) is 2.40. The smallest absolute Gasteiger partial charge is 0.230 e. The van der Waals surface area contributed by atoms with E-state index < -0.39 is 0 Å². The number of para-hydroxylation sites is 1. The van der Waals surface area contributed by atoms with E-state index in [4.69, 9.17) is 0 Å². The van der Waals surface area contributed by atoms with Crippen LogP contribution >= 0.6 is 23.1 Å². The Morgan fingerprint density at radius 3 is 2.68 bits per heavy atom. The summed E-state index contributed by atoms with van der Waals surface area (Å²) in [5.41, 5.74) is 3.10. The quantitative estimate of drug-likeness (QED) is 0.717. The summed E-state index contributed by atoms with van der Waals surface area (Å²) in [5.74, 6) is -0.0337. The molecule has 0 unspecified atom stereocenters. The maximum absolute atomic E-state index is 12.1. The van der Waals surface area contributed by atoms with Crippen LogP contribution in [0.1, 0.15) is 11.1 Å². The Bertz CT molecular complexity index is 809. The van der Waals surface area contributed by atoms with E-state index in [2.05, 4.69) is 10.3 Å². The van der Waals surface area contributed by atoms with Gasteiger partial charge in [-0.05, 0) is 42.5 Å². The van der Waals surface area contributed by atoms with Crippen molar-refractivity contribution in [3.05, 3.63) is 53.6 Å². The van der Waals surface area contributed by atoms with Crippen molar-refractivity contribution < 1.29 is 4.79 Å². The molecule has 0 aliphatic heterocycles. The van der Waals surface area contributed by atoms with Crippen LogP contribution in [0.15, 0.2) is 47.4 Å². The molecule has 3 rings (SSSR count). The summed E-state index contributed by atoms with van der Waals surface area (Å²) < 4.78 is 1.10. The predicted molar refractivity (Wildman–Crippen MR) is 94.9 cm³/mol. The molecule has 0 aliphatic carbocycles. The number of nitrogens with zero attached hydrogens (tertiary/aromatic N) is 1. The van der Waals surface area contributed by atoms with E-state index in [9.17, 15) is 4.79 Å². The van der Waals surface area contributed by atoms with E-state index in [-0.39, 0.29) is 5.91 Å². The summed E-state index contributed by atoms with van der Waals surface area (Å²) >= 11 is 3.20. The number of amides is 1. The monoisotopic (exact) mass is 328 g/mol. The van der Waals surface area contributed by atoms with Gasteiger partial charge in [-0.1, -0.05) is 35.6 Å². The number of aromatic nitrogens is 1. The fourth-order valence-electron chi connectivity index (χ4n) is 2.23. The topological polar surface area (TPSA) is 42.0 Å². The van der Waals surface area contributed by atoms with Gasteiger partial charge in [0.15, 0.2) is 5.13 Å². The van der Waals surface area contributed by atoms with Gasteiger partial charge in [-0.15, -0.1) is 11.8 Å². The molecule has 1 N–H and O–H groups in total. The fourth-order valence-corrected chi connectivity index (χ4v) is 3.60. The van der Waals surface area contributed by atoms with Gasteiger partial charge in [-0.2, -0.15) is 0 Å². The van der Waals surface area contributed by atoms with Gasteiger partial charge in [-0.25, -0.2) is 4.98 Å². The molecular formula is C17H16N2OS2. The van der Waals surface area contributed by atoms with Crippen LogP contribution in [-0.4, -0.2) is 17.1 Å². The molecule has 22 heavy (non-hydrogen) atoms. The zero-order valence-corrected chi connectivity index (χ0v) is 14.1.